The molecule has 10 heteroatoms. The molecule has 8 nitrogen and oxygen atoms in total. The van der Waals surface area contributed by atoms with Gasteiger partial charge in [-0.05, 0) is 11.4 Å². The van der Waals surface area contributed by atoms with Crippen LogP contribution in [0.4, 0.5) is 0 Å². The molecule has 2 amide bonds. The van der Waals surface area contributed by atoms with Gasteiger partial charge in [0, 0.05) is 16.2 Å². The summed E-state index contributed by atoms with van der Waals surface area (Å²) in [6.45, 7) is 0.324. The molecule has 2 aromatic heterocycles. The second kappa shape index (κ2) is 7.72. The molecular formula is C18H16N4O4S2. The number of thiophene rings is 1. The van der Waals surface area contributed by atoms with Crippen molar-refractivity contribution >= 4 is 40.9 Å². The third-order valence-corrected chi connectivity index (χ3v) is 6.75. The predicted octanol–water partition coefficient (Wildman–Crippen LogP) is -0.923. The molecule has 28 heavy (non-hydrogen) atoms. The smallest absolute Gasteiger partial charge is 0.253 e. The first-order valence-corrected chi connectivity index (χ1v) is 10.5. The van der Waals surface area contributed by atoms with Crippen LogP contribution in [0.5, 0.6) is 0 Å². The number of carboxylic acid groups (broad SMARTS) is 1. The van der Waals surface area contributed by atoms with E-state index in [1.165, 1.54) is 28.0 Å². The Balaban J connectivity index is 1.49. The number of aromatic nitrogens is 2. The number of rotatable bonds is 6. The summed E-state index contributed by atoms with van der Waals surface area (Å²) in [7, 11) is 0. The van der Waals surface area contributed by atoms with Crippen LogP contribution in [0.2, 0.25) is 0 Å². The highest BCUT2D eigenvalue weighted by Crippen LogP contribution is 2.40. The molecular weight excluding hydrogens is 400 g/mol. The molecule has 0 aromatic carbocycles. The number of fused-ring (bicyclic) bond motifs is 1. The van der Waals surface area contributed by atoms with Gasteiger partial charge in [0.1, 0.15) is 11.4 Å². The number of carboxylic acids is 1. The van der Waals surface area contributed by atoms with Crippen molar-refractivity contribution in [3.63, 3.8) is 0 Å². The molecule has 0 spiro atoms. The van der Waals surface area contributed by atoms with E-state index in [1.807, 2.05) is 17.5 Å². The molecule has 2 aliphatic heterocycles. The Hall–Kier alpha value is -2.72. The lowest BCUT2D eigenvalue weighted by Crippen LogP contribution is -2.71. The van der Waals surface area contributed by atoms with Crippen LogP contribution < -0.4 is 15.0 Å². The van der Waals surface area contributed by atoms with Crippen molar-refractivity contribution < 1.29 is 24.1 Å². The third kappa shape index (κ3) is 3.52. The number of aliphatic carboxylic acids is 1. The fourth-order valence-electron chi connectivity index (χ4n) is 3.26. The second-order valence-electron chi connectivity index (χ2n) is 6.37. The fraction of sp³-hybridized carbons (Fsp3) is 0.278. The summed E-state index contributed by atoms with van der Waals surface area (Å²) in [5, 5.41) is 15.9. The van der Waals surface area contributed by atoms with Crippen molar-refractivity contribution in [2.75, 3.05) is 5.75 Å². The molecule has 0 bridgehead atoms. The summed E-state index contributed by atoms with van der Waals surface area (Å²) >= 11 is 2.91. The van der Waals surface area contributed by atoms with E-state index in [0.29, 0.717) is 17.9 Å². The van der Waals surface area contributed by atoms with Crippen molar-refractivity contribution in [2.45, 2.75) is 24.4 Å². The number of nitrogens with one attached hydrogen (secondary N) is 1. The Morgan fingerprint density at radius 2 is 2.14 bits per heavy atom. The van der Waals surface area contributed by atoms with Gasteiger partial charge in [-0.25, -0.2) is 0 Å². The zero-order valence-corrected chi connectivity index (χ0v) is 16.2. The van der Waals surface area contributed by atoms with Gasteiger partial charge < -0.3 is 15.2 Å². The van der Waals surface area contributed by atoms with Crippen molar-refractivity contribution in [1.82, 2.24) is 15.2 Å². The summed E-state index contributed by atoms with van der Waals surface area (Å²) in [6, 6.07) is 3.00. The predicted molar refractivity (Wildman–Crippen MR) is 99.5 cm³/mol. The van der Waals surface area contributed by atoms with E-state index in [9.17, 15) is 19.5 Å². The molecule has 2 aliphatic rings. The van der Waals surface area contributed by atoms with Crippen molar-refractivity contribution in [1.29, 1.82) is 0 Å². The topological polar surface area (TPSA) is 106 Å². The molecule has 1 fully saturated rings. The minimum atomic E-state index is -1.38. The normalized spacial score (nSPS) is 21.1. The molecule has 1 saturated heterocycles. The van der Waals surface area contributed by atoms with Gasteiger partial charge in [-0.3, -0.25) is 19.5 Å². The van der Waals surface area contributed by atoms with Crippen LogP contribution in [0, 0.1) is 0 Å². The zero-order chi connectivity index (χ0) is 19.7. The second-order valence-corrected chi connectivity index (χ2v) is 8.51. The Morgan fingerprint density at radius 1 is 1.36 bits per heavy atom. The number of carbonyl (C=O) groups excluding carboxylic acids is 3. The maximum Gasteiger partial charge on any atom is 0.253 e. The van der Waals surface area contributed by atoms with Gasteiger partial charge in [0.05, 0.1) is 30.5 Å². The lowest BCUT2D eigenvalue weighted by Gasteiger charge is -2.50. The summed E-state index contributed by atoms with van der Waals surface area (Å²) in [5.74, 6) is -1.62. The van der Waals surface area contributed by atoms with E-state index in [1.54, 1.807) is 29.4 Å². The van der Waals surface area contributed by atoms with E-state index in [-0.39, 0.29) is 18.0 Å². The molecule has 4 rings (SSSR count). The van der Waals surface area contributed by atoms with E-state index in [2.05, 4.69) is 10.3 Å². The van der Waals surface area contributed by atoms with Gasteiger partial charge in [-0.2, -0.15) is 4.57 Å². The maximum absolute atomic E-state index is 12.6. The van der Waals surface area contributed by atoms with Gasteiger partial charge in [0.15, 0.2) is 18.9 Å². The number of hydrogen-bond donors (Lipinski definition) is 1. The molecule has 4 heterocycles. The average molecular weight is 416 g/mol. The number of thioether (sulfide) groups is 1. The van der Waals surface area contributed by atoms with Crippen LogP contribution in [0.3, 0.4) is 0 Å². The quantitative estimate of drug-likeness (QED) is 0.482. The van der Waals surface area contributed by atoms with E-state index >= 15 is 0 Å². The van der Waals surface area contributed by atoms with E-state index in [4.69, 9.17) is 0 Å². The SMILES string of the molecule is O=C(Cc1cccs1)NC1C(=O)N2C(C(=O)[O-])=C(C[n+]3ccncc3)CS[C@@H]12. The number of nitrogens with zero attached hydrogens (tertiary/aromatic N) is 3. The first-order valence-electron chi connectivity index (χ1n) is 8.53. The molecule has 144 valence electrons. The minimum absolute atomic E-state index is 0.0955. The fourth-order valence-corrected chi connectivity index (χ4v) is 5.30. The Kier molecular flexibility index (Phi) is 5.14. The highest BCUT2D eigenvalue weighted by atomic mass is 32.2. The molecule has 0 radical (unpaired) electrons. The van der Waals surface area contributed by atoms with Crippen LogP contribution in [0.15, 0.2) is 53.6 Å². The first-order chi connectivity index (χ1) is 13.5. The number of β-lactam (4-membered cyclic amide) rings is 1. The van der Waals surface area contributed by atoms with E-state index in [0.717, 1.165) is 4.88 Å². The molecule has 2 aromatic rings. The average Bonchev–Trinajstić information content (AvgIpc) is 3.19. The highest BCUT2D eigenvalue weighted by Gasteiger charge is 2.53. The summed E-state index contributed by atoms with van der Waals surface area (Å²) in [4.78, 5) is 42.6. The van der Waals surface area contributed by atoms with E-state index < -0.39 is 23.3 Å². The molecule has 2 atom stereocenters. The lowest BCUT2D eigenvalue weighted by atomic mass is 10.0. The third-order valence-electron chi connectivity index (χ3n) is 4.53. The van der Waals surface area contributed by atoms with Gasteiger partial charge in [0.2, 0.25) is 5.91 Å². The van der Waals surface area contributed by atoms with Crippen molar-refractivity contribution in [3.8, 4) is 0 Å². The first kappa shape index (κ1) is 18.6. The van der Waals surface area contributed by atoms with Crippen molar-refractivity contribution in [3.05, 3.63) is 58.4 Å². The summed E-state index contributed by atoms with van der Waals surface area (Å²) < 4.78 is 1.79. The van der Waals surface area contributed by atoms with Crippen LogP contribution in [-0.4, -0.2) is 44.8 Å². The zero-order valence-electron chi connectivity index (χ0n) is 14.6. The van der Waals surface area contributed by atoms with Gasteiger partial charge in [-0.1, -0.05) is 6.07 Å². The Morgan fingerprint density at radius 3 is 2.82 bits per heavy atom. The Labute approximate surface area is 168 Å². The number of carbonyl (C=O) groups is 3. The Bertz CT molecular complexity index is 946. The highest BCUT2D eigenvalue weighted by molar-refractivity contribution is 8.00. The number of hydrogen-bond acceptors (Lipinski definition) is 7. The van der Waals surface area contributed by atoms with Gasteiger partial charge in [-0.15, -0.1) is 23.1 Å². The number of amides is 2. The van der Waals surface area contributed by atoms with Crippen molar-refractivity contribution in [2.24, 2.45) is 0 Å². The maximum atomic E-state index is 12.6. The van der Waals surface area contributed by atoms with Gasteiger partial charge in [0.25, 0.3) is 5.91 Å². The van der Waals surface area contributed by atoms with Crippen LogP contribution in [-0.2, 0) is 27.3 Å². The van der Waals surface area contributed by atoms with Crippen LogP contribution in [0.25, 0.3) is 0 Å². The standard InChI is InChI=1S/C18H16N4O4S2/c23-13(8-12-2-1-7-27-12)20-14-16(24)22-15(18(25)26)11(10-28-17(14)22)9-21-5-3-19-4-6-21/h1-7,14,17H,8-10H2,(H-,20,23,25,26)/t14?,17-/m0/s1. The summed E-state index contributed by atoms with van der Waals surface area (Å²) in [6.07, 6.45) is 6.86. The molecule has 0 aliphatic carbocycles. The minimum Gasteiger partial charge on any atom is -0.543 e. The molecule has 0 saturated carbocycles. The molecule has 1 unspecified atom stereocenters. The van der Waals surface area contributed by atoms with Crippen LogP contribution in [0.1, 0.15) is 4.88 Å². The van der Waals surface area contributed by atoms with Crippen LogP contribution >= 0.6 is 23.1 Å². The lowest BCUT2D eigenvalue weighted by molar-refractivity contribution is -0.689. The summed E-state index contributed by atoms with van der Waals surface area (Å²) in [5.41, 5.74) is 0.496. The largest absolute Gasteiger partial charge is 0.543 e. The monoisotopic (exact) mass is 416 g/mol. The van der Waals surface area contributed by atoms with Gasteiger partial charge >= 0.3 is 0 Å². The molecule has 1 N–H and O–H groups in total.